The molecule has 0 aliphatic heterocycles. The van der Waals surface area contributed by atoms with Crippen LogP contribution in [0, 0.1) is 0 Å². The summed E-state index contributed by atoms with van der Waals surface area (Å²) in [7, 11) is 0. The molecule has 1 atom stereocenters. The Morgan fingerprint density at radius 1 is 1.33 bits per heavy atom. The van der Waals surface area contributed by atoms with Crippen LogP contribution < -0.4 is 5.32 Å². The van der Waals surface area contributed by atoms with Gasteiger partial charge in [0.1, 0.15) is 6.04 Å². The number of amides is 1. The predicted octanol–water partition coefficient (Wildman–Crippen LogP) is 2.33. The summed E-state index contributed by atoms with van der Waals surface area (Å²) >= 11 is 0. The molecule has 2 rings (SSSR count). The molecule has 0 unspecified atom stereocenters. The van der Waals surface area contributed by atoms with Crippen LogP contribution in [0.25, 0.3) is 0 Å². The summed E-state index contributed by atoms with van der Waals surface area (Å²) in [6, 6.07) is 3.54. The molecule has 7 heteroatoms. The lowest BCUT2D eigenvalue weighted by atomic mass is 9.93. The lowest BCUT2D eigenvalue weighted by molar-refractivity contribution is -0.141. The zero-order valence-corrected chi connectivity index (χ0v) is 11.2. The SMILES string of the molecule is C[C@H](NC(=O)C1(c2cccc(C(F)(F)F)c2)CC1)C(=O)O. The van der Waals surface area contributed by atoms with Crippen molar-refractivity contribution >= 4 is 11.9 Å². The summed E-state index contributed by atoms with van der Waals surface area (Å²) in [5.41, 5.74) is -1.58. The number of aliphatic carboxylic acids is 1. The van der Waals surface area contributed by atoms with E-state index in [0.717, 1.165) is 12.1 Å². The molecule has 1 fully saturated rings. The van der Waals surface area contributed by atoms with Crippen molar-refractivity contribution < 1.29 is 27.9 Å². The van der Waals surface area contributed by atoms with Crippen LogP contribution >= 0.6 is 0 Å². The first kappa shape index (κ1) is 15.3. The van der Waals surface area contributed by atoms with Gasteiger partial charge in [-0.2, -0.15) is 13.2 Å². The quantitative estimate of drug-likeness (QED) is 0.897. The molecule has 21 heavy (non-hydrogen) atoms. The van der Waals surface area contributed by atoms with Gasteiger partial charge in [-0.3, -0.25) is 9.59 Å². The molecule has 2 N–H and O–H groups in total. The van der Waals surface area contributed by atoms with Gasteiger partial charge < -0.3 is 10.4 Å². The van der Waals surface area contributed by atoms with Gasteiger partial charge >= 0.3 is 12.1 Å². The van der Waals surface area contributed by atoms with Crippen LogP contribution in [0.1, 0.15) is 30.9 Å². The van der Waals surface area contributed by atoms with Crippen LogP contribution in [0.4, 0.5) is 13.2 Å². The van der Waals surface area contributed by atoms with Crippen molar-refractivity contribution in [3.05, 3.63) is 35.4 Å². The Morgan fingerprint density at radius 3 is 2.43 bits per heavy atom. The Kier molecular flexibility index (Phi) is 3.69. The van der Waals surface area contributed by atoms with E-state index in [1.807, 2.05) is 0 Å². The van der Waals surface area contributed by atoms with Crippen molar-refractivity contribution in [3.8, 4) is 0 Å². The molecule has 0 bridgehead atoms. The summed E-state index contributed by atoms with van der Waals surface area (Å²) in [5.74, 6) is -1.74. The number of hydrogen-bond donors (Lipinski definition) is 2. The van der Waals surface area contributed by atoms with Crippen LogP contribution in [0.15, 0.2) is 24.3 Å². The normalized spacial score (nSPS) is 17.9. The average molecular weight is 301 g/mol. The molecule has 0 saturated heterocycles. The van der Waals surface area contributed by atoms with Crippen LogP contribution in [0.3, 0.4) is 0 Å². The second kappa shape index (κ2) is 5.05. The Labute approximate surface area is 119 Å². The maximum atomic E-state index is 12.7. The maximum absolute atomic E-state index is 12.7. The first-order chi connectivity index (χ1) is 9.67. The lowest BCUT2D eigenvalue weighted by Crippen LogP contribution is -2.44. The molecule has 4 nitrogen and oxygen atoms in total. The Balaban J connectivity index is 2.25. The van der Waals surface area contributed by atoms with E-state index in [4.69, 9.17) is 5.11 Å². The first-order valence-electron chi connectivity index (χ1n) is 6.38. The summed E-state index contributed by atoms with van der Waals surface area (Å²) < 4.78 is 38.1. The minimum absolute atomic E-state index is 0.271. The zero-order chi connectivity index (χ0) is 15.8. The summed E-state index contributed by atoms with van der Waals surface area (Å²) in [6.45, 7) is 1.31. The van der Waals surface area contributed by atoms with E-state index in [1.54, 1.807) is 0 Å². The van der Waals surface area contributed by atoms with E-state index in [9.17, 15) is 22.8 Å². The lowest BCUT2D eigenvalue weighted by Gasteiger charge is -2.19. The number of nitrogens with one attached hydrogen (secondary N) is 1. The second-order valence-electron chi connectivity index (χ2n) is 5.19. The molecule has 1 aromatic carbocycles. The average Bonchev–Trinajstić information content (AvgIpc) is 3.19. The maximum Gasteiger partial charge on any atom is 0.416 e. The fraction of sp³-hybridized carbons (Fsp3) is 0.429. The number of carboxylic acid groups (broad SMARTS) is 1. The number of alkyl halides is 3. The Morgan fingerprint density at radius 2 is 1.95 bits per heavy atom. The minimum Gasteiger partial charge on any atom is -0.480 e. The molecule has 1 aromatic rings. The molecule has 0 heterocycles. The number of halogens is 3. The summed E-state index contributed by atoms with van der Waals surface area (Å²) in [6.07, 6.45) is -3.66. The van der Waals surface area contributed by atoms with E-state index >= 15 is 0 Å². The fourth-order valence-corrected chi connectivity index (χ4v) is 2.16. The Hall–Kier alpha value is -2.05. The third-order valence-electron chi connectivity index (χ3n) is 3.65. The van der Waals surface area contributed by atoms with E-state index in [1.165, 1.54) is 19.1 Å². The van der Waals surface area contributed by atoms with Gasteiger partial charge in [0.05, 0.1) is 11.0 Å². The summed E-state index contributed by atoms with van der Waals surface area (Å²) in [4.78, 5) is 22.9. The van der Waals surface area contributed by atoms with Gasteiger partial charge in [-0.05, 0) is 31.4 Å². The highest BCUT2D eigenvalue weighted by Gasteiger charge is 2.52. The second-order valence-corrected chi connectivity index (χ2v) is 5.19. The molecule has 0 spiro atoms. The van der Waals surface area contributed by atoms with E-state index in [2.05, 4.69) is 5.32 Å². The van der Waals surface area contributed by atoms with Gasteiger partial charge in [0.2, 0.25) is 5.91 Å². The molecular formula is C14H14F3NO3. The number of carbonyl (C=O) groups is 2. The summed E-state index contributed by atoms with van der Waals surface area (Å²) in [5, 5.41) is 11.1. The van der Waals surface area contributed by atoms with Crippen LogP contribution in [-0.2, 0) is 21.2 Å². The first-order valence-corrected chi connectivity index (χ1v) is 6.38. The number of benzene rings is 1. The van der Waals surface area contributed by atoms with E-state index in [-0.39, 0.29) is 5.56 Å². The van der Waals surface area contributed by atoms with Crippen molar-refractivity contribution in [3.63, 3.8) is 0 Å². The molecule has 1 saturated carbocycles. The number of hydrogen-bond acceptors (Lipinski definition) is 2. The predicted molar refractivity (Wildman–Crippen MR) is 67.6 cm³/mol. The third kappa shape index (κ3) is 3.01. The molecule has 0 aromatic heterocycles. The highest BCUT2D eigenvalue weighted by Crippen LogP contribution is 2.49. The largest absolute Gasteiger partial charge is 0.480 e. The molecule has 114 valence electrons. The van der Waals surface area contributed by atoms with Crippen LogP contribution in [0.5, 0.6) is 0 Å². The molecule has 1 aliphatic carbocycles. The van der Waals surface area contributed by atoms with E-state index in [0.29, 0.717) is 12.8 Å². The molecule has 0 radical (unpaired) electrons. The fourth-order valence-electron chi connectivity index (χ4n) is 2.16. The monoisotopic (exact) mass is 301 g/mol. The van der Waals surface area contributed by atoms with Gasteiger partial charge in [0.25, 0.3) is 0 Å². The Bertz CT molecular complexity index is 579. The number of carboxylic acids is 1. The van der Waals surface area contributed by atoms with Crippen molar-refractivity contribution in [2.24, 2.45) is 0 Å². The minimum atomic E-state index is -4.48. The topological polar surface area (TPSA) is 66.4 Å². The van der Waals surface area contributed by atoms with Crippen molar-refractivity contribution in [2.75, 3.05) is 0 Å². The molecular weight excluding hydrogens is 287 g/mol. The van der Waals surface area contributed by atoms with Crippen molar-refractivity contribution in [1.29, 1.82) is 0 Å². The van der Waals surface area contributed by atoms with Crippen molar-refractivity contribution in [2.45, 2.75) is 37.4 Å². The highest BCUT2D eigenvalue weighted by atomic mass is 19.4. The van der Waals surface area contributed by atoms with Gasteiger partial charge in [-0.25, -0.2) is 0 Å². The van der Waals surface area contributed by atoms with Crippen LogP contribution in [0.2, 0.25) is 0 Å². The third-order valence-corrected chi connectivity index (χ3v) is 3.65. The molecule has 1 amide bonds. The van der Waals surface area contributed by atoms with E-state index < -0.39 is 35.1 Å². The van der Waals surface area contributed by atoms with Crippen molar-refractivity contribution in [1.82, 2.24) is 5.32 Å². The molecule has 1 aliphatic rings. The van der Waals surface area contributed by atoms with Crippen LogP contribution in [-0.4, -0.2) is 23.0 Å². The smallest absolute Gasteiger partial charge is 0.416 e. The van der Waals surface area contributed by atoms with Gasteiger partial charge in [-0.15, -0.1) is 0 Å². The van der Waals surface area contributed by atoms with Gasteiger partial charge in [-0.1, -0.05) is 18.2 Å². The zero-order valence-electron chi connectivity index (χ0n) is 11.2. The standard InChI is InChI=1S/C14H14F3NO3/c1-8(11(19)20)18-12(21)13(5-6-13)9-3-2-4-10(7-9)14(15,16)17/h2-4,7-8H,5-6H2,1H3,(H,18,21)(H,19,20)/t8-/m0/s1. The number of rotatable bonds is 4. The van der Waals surface area contributed by atoms with Gasteiger partial charge in [0, 0.05) is 0 Å². The highest BCUT2D eigenvalue weighted by molar-refractivity contribution is 5.93. The van der Waals surface area contributed by atoms with Gasteiger partial charge in [0.15, 0.2) is 0 Å². The number of carbonyl (C=O) groups excluding carboxylic acids is 1.